The molecule has 1 aromatic rings. The van der Waals surface area contributed by atoms with Crippen LogP contribution >= 0.6 is 0 Å². The molecule has 134 valence electrons. The van der Waals surface area contributed by atoms with Crippen LogP contribution in [0.1, 0.15) is 26.3 Å². The minimum absolute atomic E-state index is 0.430. The van der Waals surface area contributed by atoms with E-state index >= 15 is 0 Å². The number of carbonyl (C=O) groups excluding carboxylic acids is 1. The number of aliphatic hydroxyl groups excluding tert-OH is 1. The Kier molecular flexibility index (Phi) is 7.95. The molecule has 2 N–H and O–H groups in total. The summed E-state index contributed by atoms with van der Waals surface area (Å²) in [5.41, 5.74) is 0.468. The van der Waals surface area contributed by atoms with Gasteiger partial charge in [-0.1, -0.05) is 36.4 Å². The van der Waals surface area contributed by atoms with Gasteiger partial charge in [-0.2, -0.15) is 0 Å². The van der Waals surface area contributed by atoms with E-state index < -0.39 is 23.8 Å². The highest BCUT2D eigenvalue weighted by atomic mass is 16.6. The predicted octanol–water partition coefficient (Wildman–Crippen LogP) is 2.60. The molecule has 0 aliphatic heterocycles. The summed E-state index contributed by atoms with van der Waals surface area (Å²) in [5, 5.41) is 13.4. The van der Waals surface area contributed by atoms with Crippen LogP contribution in [0.3, 0.4) is 0 Å². The fourth-order valence-electron chi connectivity index (χ4n) is 2.35. The molecular weight excluding hydrogens is 304 g/mol. The molecule has 5 heteroatoms. The molecule has 0 heterocycles. The average Bonchev–Trinajstić information content (AvgIpc) is 2.45. The molecule has 1 rings (SSSR count). The van der Waals surface area contributed by atoms with Crippen LogP contribution < -0.4 is 5.32 Å². The minimum atomic E-state index is -0.720. The molecule has 0 aliphatic rings. The third-order valence-electron chi connectivity index (χ3n) is 3.40. The molecule has 0 aliphatic carbocycles. The lowest BCUT2D eigenvalue weighted by molar-refractivity contribution is 0.0386. The predicted molar refractivity (Wildman–Crippen MR) is 97.0 cm³/mol. The van der Waals surface area contributed by atoms with Gasteiger partial charge in [0.2, 0.25) is 0 Å². The Morgan fingerprint density at radius 3 is 2.54 bits per heavy atom. The summed E-state index contributed by atoms with van der Waals surface area (Å²) in [6.45, 7) is 10.2. The zero-order chi connectivity index (χ0) is 18.2. The number of amides is 1. The first-order valence-electron chi connectivity index (χ1n) is 8.22. The zero-order valence-corrected chi connectivity index (χ0v) is 15.2. The quantitative estimate of drug-likeness (QED) is 0.718. The van der Waals surface area contributed by atoms with Crippen LogP contribution in [0.2, 0.25) is 0 Å². The zero-order valence-electron chi connectivity index (χ0n) is 15.2. The van der Waals surface area contributed by atoms with Crippen molar-refractivity contribution in [2.75, 3.05) is 20.1 Å². The summed E-state index contributed by atoms with van der Waals surface area (Å²) in [7, 11) is 1.90. The van der Waals surface area contributed by atoms with E-state index in [1.807, 2.05) is 63.1 Å². The van der Waals surface area contributed by atoms with Gasteiger partial charge in [-0.15, -0.1) is 6.58 Å². The first kappa shape index (κ1) is 20.2. The molecule has 0 unspecified atom stereocenters. The van der Waals surface area contributed by atoms with Gasteiger partial charge in [-0.05, 0) is 39.8 Å². The Hall–Kier alpha value is -1.85. The number of nitrogens with zero attached hydrogens (tertiary/aromatic N) is 1. The summed E-state index contributed by atoms with van der Waals surface area (Å²) in [5.74, 6) is 0. The second kappa shape index (κ2) is 9.45. The highest BCUT2D eigenvalue weighted by Gasteiger charge is 2.25. The highest BCUT2D eigenvalue weighted by molar-refractivity contribution is 5.68. The van der Waals surface area contributed by atoms with Crippen molar-refractivity contribution in [2.45, 2.75) is 44.9 Å². The number of likely N-dealkylation sites (N-methyl/N-ethyl adjacent to an activating group) is 1. The Morgan fingerprint density at radius 2 is 2.00 bits per heavy atom. The van der Waals surface area contributed by atoms with Crippen LogP contribution in [0.5, 0.6) is 0 Å². The fourth-order valence-corrected chi connectivity index (χ4v) is 2.35. The second-order valence-corrected chi connectivity index (χ2v) is 7.02. The van der Waals surface area contributed by atoms with Crippen molar-refractivity contribution in [1.29, 1.82) is 0 Å². The van der Waals surface area contributed by atoms with Gasteiger partial charge in [-0.3, -0.25) is 0 Å². The van der Waals surface area contributed by atoms with E-state index in [9.17, 15) is 9.90 Å². The smallest absolute Gasteiger partial charge is 0.407 e. The van der Waals surface area contributed by atoms with E-state index in [0.29, 0.717) is 19.5 Å². The van der Waals surface area contributed by atoms with Crippen molar-refractivity contribution in [3.05, 3.63) is 48.6 Å². The van der Waals surface area contributed by atoms with E-state index in [2.05, 4.69) is 11.9 Å². The number of rotatable bonds is 8. The number of hydrogen-bond acceptors (Lipinski definition) is 4. The van der Waals surface area contributed by atoms with E-state index in [1.165, 1.54) is 0 Å². The number of benzene rings is 1. The molecule has 0 saturated carbocycles. The van der Waals surface area contributed by atoms with E-state index in [0.717, 1.165) is 5.56 Å². The molecule has 0 bridgehead atoms. The number of nitrogens with one attached hydrogen (secondary N) is 1. The molecular formula is C19H30N2O3. The van der Waals surface area contributed by atoms with Gasteiger partial charge in [0, 0.05) is 13.1 Å². The molecule has 0 spiro atoms. The number of aliphatic hydroxyl groups is 1. The number of carbonyl (C=O) groups is 1. The lowest BCUT2D eigenvalue weighted by atomic mass is 10.0. The first-order chi connectivity index (χ1) is 11.2. The van der Waals surface area contributed by atoms with E-state index in [4.69, 9.17) is 4.74 Å². The lowest BCUT2D eigenvalue weighted by Gasteiger charge is -2.29. The van der Waals surface area contributed by atoms with Crippen molar-refractivity contribution in [1.82, 2.24) is 10.2 Å². The SMILES string of the molecule is C=CCN(C)C[C@@H](O)[C@H](Cc1ccccc1)NC(=O)OC(C)(C)C. The number of alkyl carbamates (subject to hydrolysis) is 1. The molecule has 0 saturated heterocycles. The lowest BCUT2D eigenvalue weighted by Crippen LogP contribution is -2.50. The number of ether oxygens (including phenoxy) is 1. The average molecular weight is 334 g/mol. The largest absolute Gasteiger partial charge is 0.444 e. The van der Waals surface area contributed by atoms with Crippen LogP contribution in [0.15, 0.2) is 43.0 Å². The third-order valence-corrected chi connectivity index (χ3v) is 3.40. The van der Waals surface area contributed by atoms with Crippen LogP contribution in [0, 0.1) is 0 Å². The summed E-state index contributed by atoms with van der Waals surface area (Å²) >= 11 is 0. The molecule has 1 amide bonds. The summed E-state index contributed by atoms with van der Waals surface area (Å²) in [6, 6.07) is 9.34. The fraction of sp³-hybridized carbons (Fsp3) is 0.526. The Balaban J connectivity index is 2.78. The monoisotopic (exact) mass is 334 g/mol. The van der Waals surface area contributed by atoms with E-state index in [1.54, 1.807) is 6.08 Å². The third kappa shape index (κ3) is 8.13. The maximum absolute atomic E-state index is 12.1. The minimum Gasteiger partial charge on any atom is -0.444 e. The van der Waals surface area contributed by atoms with Gasteiger partial charge in [0.25, 0.3) is 0 Å². The maximum atomic E-state index is 12.1. The van der Waals surface area contributed by atoms with Crippen LogP contribution in [-0.4, -0.2) is 54.0 Å². The summed E-state index contributed by atoms with van der Waals surface area (Å²) < 4.78 is 5.32. The standard InChI is InChI=1S/C19H30N2O3/c1-6-12-21(5)14-17(22)16(13-15-10-8-7-9-11-15)20-18(23)24-19(2,3)4/h6-11,16-17,22H,1,12-14H2,2-5H3,(H,20,23)/t16-,17+/m0/s1. The van der Waals surface area contributed by atoms with Gasteiger partial charge in [-0.25, -0.2) is 4.79 Å². The van der Waals surface area contributed by atoms with Crippen molar-refractivity contribution in [2.24, 2.45) is 0 Å². The molecule has 0 aromatic heterocycles. The van der Waals surface area contributed by atoms with Gasteiger partial charge in [0.15, 0.2) is 0 Å². The van der Waals surface area contributed by atoms with Gasteiger partial charge in [0.05, 0.1) is 12.1 Å². The van der Waals surface area contributed by atoms with Crippen molar-refractivity contribution in [3.8, 4) is 0 Å². The highest BCUT2D eigenvalue weighted by Crippen LogP contribution is 2.11. The summed E-state index contributed by atoms with van der Waals surface area (Å²) in [4.78, 5) is 14.1. The van der Waals surface area contributed by atoms with Gasteiger partial charge >= 0.3 is 6.09 Å². The Bertz CT molecular complexity index is 511. The second-order valence-electron chi connectivity index (χ2n) is 7.02. The Morgan fingerprint density at radius 1 is 1.38 bits per heavy atom. The molecule has 1 aromatic carbocycles. The normalized spacial score (nSPS) is 14.1. The molecule has 2 atom stereocenters. The van der Waals surface area contributed by atoms with Crippen LogP contribution in [-0.2, 0) is 11.2 Å². The summed E-state index contributed by atoms with van der Waals surface area (Å²) in [6.07, 6.45) is 1.07. The first-order valence-corrected chi connectivity index (χ1v) is 8.22. The van der Waals surface area contributed by atoms with Gasteiger partial charge < -0.3 is 20.1 Å². The van der Waals surface area contributed by atoms with Gasteiger partial charge in [0.1, 0.15) is 5.60 Å². The molecule has 24 heavy (non-hydrogen) atoms. The van der Waals surface area contributed by atoms with Crippen LogP contribution in [0.4, 0.5) is 4.79 Å². The van der Waals surface area contributed by atoms with Crippen molar-refractivity contribution >= 4 is 6.09 Å². The van der Waals surface area contributed by atoms with E-state index in [-0.39, 0.29) is 0 Å². The maximum Gasteiger partial charge on any atom is 0.407 e. The van der Waals surface area contributed by atoms with Crippen LogP contribution in [0.25, 0.3) is 0 Å². The molecule has 0 fully saturated rings. The molecule has 0 radical (unpaired) electrons. The topological polar surface area (TPSA) is 61.8 Å². The number of hydrogen-bond donors (Lipinski definition) is 2. The Labute approximate surface area is 145 Å². The van der Waals surface area contributed by atoms with Crippen molar-refractivity contribution in [3.63, 3.8) is 0 Å². The molecule has 5 nitrogen and oxygen atoms in total. The van der Waals surface area contributed by atoms with Crippen molar-refractivity contribution < 1.29 is 14.6 Å².